The minimum Gasteiger partial charge on any atom is -0.290 e. The van der Waals surface area contributed by atoms with Crippen molar-refractivity contribution in [1.29, 1.82) is 0 Å². The fraction of sp³-hybridized carbons (Fsp3) is 0.250. The van der Waals surface area contributed by atoms with Crippen LogP contribution in [-0.4, -0.2) is 15.9 Å². The third kappa shape index (κ3) is 1.46. The van der Waals surface area contributed by atoms with Gasteiger partial charge in [0.05, 0.1) is 6.42 Å². The summed E-state index contributed by atoms with van der Waals surface area (Å²) < 4.78 is 3.99. The lowest BCUT2D eigenvalue weighted by molar-refractivity contribution is 0.554. The first kappa shape index (κ1) is 6.64. The van der Waals surface area contributed by atoms with Gasteiger partial charge in [-0.1, -0.05) is 16.1 Å². The normalized spacial score (nSPS) is 9.44. The minimum atomic E-state index is 0.134. The van der Waals surface area contributed by atoms with Crippen molar-refractivity contribution >= 4 is 29.4 Å². The molecule has 1 rings (SSSR count). The Bertz CT molecular complexity index is 212. The summed E-state index contributed by atoms with van der Waals surface area (Å²) in [4.78, 5) is 9.78. The van der Waals surface area contributed by atoms with Gasteiger partial charge in [-0.3, -0.25) is 4.79 Å². The lowest BCUT2D eigenvalue weighted by Crippen LogP contribution is -1.85. The van der Waals surface area contributed by atoms with E-state index in [2.05, 4.69) is 9.59 Å². The molecule has 0 aromatic carbocycles. The van der Waals surface area contributed by atoms with E-state index in [1.54, 1.807) is 6.29 Å². The third-order valence-electron chi connectivity index (χ3n) is 0.749. The van der Waals surface area contributed by atoms with Gasteiger partial charge in [-0.2, -0.15) is 0 Å². The van der Waals surface area contributed by atoms with Crippen molar-refractivity contribution in [1.82, 2.24) is 9.59 Å². The van der Waals surface area contributed by atoms with Crippen LogP contribution >= 0.6 is 23.1 Å². The molecular formula is C4H2ClN2OS. The van der Waals surface area contributed by atoms with E-state index in [9.17, 15) is 4.79 Å². The molecular weight excluding hydrogens is 160 g/mol. The molecule has 0 saturated heterocycles. The van der Waals surface area contributed by atoms with E-state index in [0.29, 0.717) is 10.0 Å². The van der Waals surface area contributed by atoms with Gasteiger partial charge in [0.15, 0.2) is 0 Å². The highest BCUT2D eigenvalue weighted by Gasteiger charge is 2.02. The highest BCUT2D eigenvalue weighted by Crippen LogP contribution is 2.16. The highest BCUT2D eigenvalue weighted by atomic mass is 35.5. The summed E-state index contributed by atoms with van der Waals surface area (Å²) in [7, 11) is 0. The zero-order valence-electron chi connectivity index (χ0n) is 4.30. The van der Waals surface area contributed by atoms with Gasteiger partial charge in [0.1, 0.15) is 10.0 Å². The van der Waals surface area contributed by atoms with E-state index in [4.69, 9.17) is 11.6 Å². The Labute approximate surface area is 60.8 Å². The summed E-state index contributed by atoms with van der Waals surface area (Å²) in [5.74, 6) is 0. The number of halogens is 1. The van der Waals surface area contributed by atoms with Gasteiger partial charge in [0, 0.05) is 11.5 Å². The van der Waals surface area contributed by atoms with Crippen molar-refractivity contribution in [2.45, 2.75) is 6.42 Å². The largest absolute Gasteiger partial charge is 0.290 e. The van der Waals surface area contributed by atoms with E-state index in [-0.39, 0.29) is 6.42 Å². The SMILES string of the molecule is O=[C]Cc1nnsc1Cl. The van der Waals surface area contributed by atoms with Crippen molar-refractivity contribution in [2.24, 2.45) is 0 Å². The smallest absolute Gasteiger partial charge is 0.204 e. The van der Waals surface area contributed by atoms with E-state index < -0.39 is 0 Å². The second kappa shape index (κ2) is 2.89. The minimum absolute atomic E-state index is 0.134. The molecule has 1 aromatic heterocycles. The Morgan fingerprint density at radius 1 is 1.78 bits per heavy atom. The average Bonchev–Trinajstić information content (AvgIpc) is 2.18. The summed E-state index contributed by atoms with van der Waals surface area (Å²) in [6, 6.07) is 0. The first-order valence-corrected chi connectivity index (χ1v) is 3.31. The van der Waals surface area contributed by atoms with Crippen molar-refractivity contribution in [3.05, 3.63) is 10.0 Å². The molecule has 0 spiro atoms. The first-order valence-electron chi connectivity index (χ1n) is 2.16. The van der Waals surface area contributed by atoms with Crippen LogP contribution in [0.25, 0.3) is 0 Å². The summed E-state index contributed by atoms with van der Waals surface area (Å²) in [5.41, 5.74) is 0.511. The fourth-order valence-corrected chi connectivity index (χ4v) is 0.997. The van der Waals surface area contributed by atoms with Crippen LogP contribution < -0.4 is 0 Å². The maximum absolute atomic E-state index is 9.78. The van der Waals surface area contributed by atoms with Gasteiger partial charge in [-0.05, 0) is 0 Å². The second-order valence-electron chi connectivity index (χ2n) is 1.31. The molecule has 9 heavy (non-hydrogen) atoms. The zero-order chi connectivity index (χ0) is 6.69. The molecule has 0 aliphatic rings. The van der Waals surface area contributed by atoms with Gasteiger partial charge >= 0.3 is 0 Å². The second-order valence-corrected chi connectivity index (χ2v) is 2.67. The number of hydrogen-bond donors (Lipinski definition) is 0. The molecule has 0 atom stereocenters. The third-order valence-corrected chi connectivity index (χ3v) is 1.73. The quantitative estimate of drug-likeness (QED) is 0.646. The van der Waals surface area contributed by atoms with Gasteiger partial charge < -0.3 is 0 Å². The topological polar surface area (TPSA) is 42.9 Å². The molecule has 0 unspecified atom stereocenters. The Morgan fingerprint density at radius 2 is 2.56 bits per heavy atom. The standard InChI is InChI=1S/C4H2ClN2OS/c5-4-3(1-2-8)6-7-9-4/h1H2. The number of carbonyl (C=O) groups excluding carboxylic acids is 1. The molecule has 3 nitrogen and oxygen atoms in total. The summed E-state index contributed by atoms with van der Waals surface area (Å²) >= 11 is 6.60. The van der Waals surface area contributed by atoms with E-state index in [1.165, 1.54) is 0 Å². The van der Waals surface area contributed by atoms with E-state index >= 15 is 0 Å². The zero-order valence-corrected chi connectivity index (χ0v) is 5.87. The van der Waals surface area contributed by atoms with Gasteiger partial charge in [-0.15, -0.1) is 5.10 Å². The molecule has 1 radical (unpaired) electrons. The lowest BCUT2D eigenvalue weighted by Gasteiger charge is -1.79. The maximum atomic E-state index is 9.78. The molecule has 0 amide bonds. The molecule has 47 valence electrons. The molecule has 1 aromatic rings. The fourth-order valence-electron chi connectivity index (χ4n) is 0.371. The molecule has 5 heteroatoms. The Hall–Kier alpha value is -0.480. The number of rotatable bonds is 2. The Morgan fingerprint density at radius 3 is 3.00 bits per heavy atom. The van der Waals surface area contributed by atoms with Crippen molar-refractivity contribution in [2.75, 3.05) is 0 Å². The van der Waals surface area contributed by atoms with Crippen LogP contribution in [0.2, 0.25) is 4.34 Å². The molecule has 0 fully saturated rings. The van der Waals surface area contributed by atoms with Crippen molar-refractivity contribution in [3.8, 4) is 0 Å². The molecule has 0 bridgehead atoms. The van der Waals surface area contributed by atoms with Crippen molar-refractivity contribution in [3.63, 3.8) is 0 Å². The van der Waals surface area contributed by atoms with Crippen LogP contribution in [-0.2, 0) is 11.2 Å². The number of hydrogen-bond acceptors (Lipinski definition) is 4. The Balaban J connectivity index is 2.80. The van der Waals surface area contributed by atoms with E-state index in [1.807, 2.05) is 0 Å². The summed E-state index contributed by atoms with van der Waals surface area (Å²) in [6.07, 6.45) is 1.81. The number of nitrogens with zero attached hydrogens (tertiary/aromatic N) is 2. The monoisotopic (exact) mass is 161 g/mol. The van der Waals surface area contributed by atoms with Crippen LogP contribution in [0.15, 0.2) is 0 Å². The molecule has 0 aliphatic heterocycles. The van der Waals surface area contributed by atoms with Crippen LogP contribution in [0, 0.1) is 0 Å². The predicted octanol–water partition coefficient (Wildman–Crippen LogP) is 0.844. The van der Waals surface area contributed by atoms with Gasteiger partial charge in [0.25, 0.3) is 0 Å². The van der Waals surface area contributed by atoms with Crippen LogP contribution in [0.5, 0.6) is 0 Å². The Kier molecular flexibility index (Phi) is 2.13. The van der Waals surface area contributed by atoms with Crippen LogP contribution in [0.3, 0.4) is 0 Å². The first-order chi connectivity index (χ1) is 4.34. The average molecular weight is 162 g/mol. The van der Waals surface area contributed by atoms with Gasteiger partial charge in [0.2, 0.25) is 6.29 Å². The summed E-state index contributed by atoms with van der Waals surface area (Å²) in [5, 5.41) is 3.58. The molecule has 0 aliphatic carbocycles. The molecule has 0 N–H and O–H groups in total. The van der Waals surface area contributed by atoms with Crippen LogP contribution in [0.4, 0.5) is 0 Å². The van der Waals surface area contributed by atoms with Gasteiger partial charge in [-0.25, -0.2) is 0 Å². The molecule has 1 heterocycles. The lowest BCUT2D eigenvalue weighted by atomic mass is 10.4. The van der Waals surface area contributed by atoms with Crippen LogP contribution in [0.1, 0.15) is 5.69 Å². The highest BCUT2D eigenvalue weighted by molar-refractivity contribution is 7.10. The number of aromatic nitrogens is 2. The predicted molar refractivity (Wildman–Crippen MR) is 34.3 cm³/mol. The van der Waals surface area contributed by atoms with E-state index in [0.717, 1.165) is 11.5 Å². The maximum Gasteiger partial charge on any atom is 0.204 e. The molecule has 0 saturated carbocycles. The summed E-state index contributed by atoms with van der Waals surface area (Å²) in [6.45, 7) is 0. The van der Waals surface area contributed by atoms with Crippen molar-refractivity contribution < 1.29 is 4.79 Å².